The second-order valence-electron chi connectivity index (χ2n) is 11.0. The van der Waals surface area contributed by atoms with Gasteiger partial charge in [0.1, 0.15) is 22.8 Å². The molecule has 9 heteroatoms. The summed E-state index contributed by atoms with van der Waals surface area (Å²) in [6.07, 6.45) is 5.53. The Labute approximate surface area is 198 Å². The lowest BCUT2D eigenvalue weighted by molar-refractivity contribution is -0.241. The third-order valence-electron chi connectivity index (χ3n) is 7.22. The highest BCUT2D eigenvalue weighted by Gasteiger charge is 2.70. The van der Waals surface area contributed by atoms with Crippen LogP contribution in [0.5, 0.6) is 0 Å². The van der Waals surface area contributed by atoms with E-state index in [1.165, 1.54) is 0 Å². The van der Waals surface area contributed by atoms with Crippen LogP contribution in [-0.4, -0.2) is 60.3 Å². The van der Waals surface area contributed by atoms with E-state index in [4.69, 9.17) is 9.72 Å². The van der Waals surface area contributed by atoms with Gasteiger partial charge in [0.2, 0.25) is 0 Å². The molecule has 178 valence electrons. The molecule has 3 saturated heterocycles. The van der Waals surface area contributed by atoms with Crippen molar-refractivity contribution >= 4 is 34.3 Å². The van der Waals surface area contributed by atoms with E-state index in [1.54, 1.807) is 6.20 Å². The van der Waals surface area contributed by atoms with Gasteiger partial charge < -0.3 is 15.4 Å². The van der Waals surface area contributed by atoms with Crippen molar-refractivity contribution in [2.75, 3.05) is 10.6 Å². The van der Waals surface area contributed by atoms with Crippen LogP contribution in [0.4, 0.5) is 17.5 Å². The third kappa shape index (κ3) is 3.50. The molecule has 0 radical (unpaired) electrons. The van der Waals surface area contributed by atoms with E-state index in [0.29, 0.717) is 23.9 Å². The van der Waals surface area contributed by atoms with Crippen molar-refractivity contribution in [1.82, 2.24) is 25.1 Å². The molecule has 2 unspecified atom stereocenters. The molecular formula is C25H31N7O2. The molecule has 0 amide bonds. The number of pyridine rings is 2. The van der Waals surface area contributed by atoms with Crippen molar-refractivity contribution in [2.45, 2.75) is 82.6 Å². The van der Waals surface area contributed by atoms with Gasteiger partial charge in [0.25, 0.3) is 0 Å². The summed E-state index contributed by atoms with van der Waals surface area (Å²) < 4.78 is 5.74. The average Bonchev–Trinajstić information content (AvgIpc) is 3.13. The Bertz CT molecular complexity index is 1250. The van der Waals surface area contributed by atoms with E-state index in [1.807, 2.05) is 45.9 Å². The monoisotopic (exact) mass is 461 g/mol. The summed E-state index contributed by atoms with van der Waals surface area (Å²) >= 11 is 0. The number of nitrogens with one attached hydrogen (secondary N) is 3. The fourth-order valence-corrected chi connectivity index (χ4v) is 6.01. The first-order valence-electron chi connectivity index (χ1n) is 12.0. The number of hydrogen-bond donors (Lipinski definition) is 3. The molecule has 0 aromatic carbocycles. The minimum Gasteiger partial charge on any atom is -0.459 e. The van der Waals surface area contributed by atoms with Crippen LogP contribution in [0.3, 0.4) is 0 Å². The zero-order valence-electron chi connectivity index (χ0n) is 20.1. The van der Waals surface area contributed by atoms with Crippen molar-refractivity contribution in [3.05, 3.63) is 36.2 Å². The van der Waals surface area contributed by atoms with Crippen LogP contribution in [-0.2, 0) is 9.53 Å². The SMILES string of the molecule is Cc1cc(Nc2cc3ncccc3c(NC3C[C@@H]4CC5(C(=O)OC(C)(C)C)C[C@H](C3)N45)n2)n[nH]1. The molecule has 3 aliphatic rings. The molecule has 3 aromatic heterocycles. The standard InChI is InChI=1S/C25H31N7O2/c1-14-8-21(31-30-14)28-20-11-19-18(6-5-7-26-19)22(29-20)27-15-9-16-12-25(13-17(10-15)32(16)25)23(33)34-24(2,3)4/h5-8,11,15-17H,9-10,12-13H2,1-4H3,(H3,27,28,29,30,31)/t15?,16-,17+,25?. The van der Waals surface area contributed by atoms with Gasteiger partial charge in [-0.25, -0.2) is 4.98 Å². The fraction of sp³-hybridized carbons (Fsp3) is 0.520. The molecule has 3 fully saturated rings. The van der Waals surface area contributed by atoms with Crippen LogP contribution in [0.25, 0.3) is 10.9 Å². The van der Waals surface area contributed by atoms with Crippen molar-refractivity contribution in [2.24, 2.45) is 0 Å². The van der Waals surface area contributed by atoms with Crippen molar-refractivity contribution < 1.29 is 9.53 Å². The van der Waals surface area contributed by atoms with Gasteiger partial charge in [-0.3, -0.25) is 19.8 Å². The van der Waals surface area contributed by atoms with Gasteiger partial charge in [0.15, 0.2) is 5.82 Å². The van der Waals surface area contributed by atoms with Crippen molar-refractivity contribution in [3.63, 3.8) is 0 Å². The van der Waals surface area contributed by atoms with Gasteiger partial charge in [0, 0.05) is 47.5 Å². The summed E-state index contributed by atoms with van der Waals surface area (Å²) in [6.45, 7) is 7.77. The quantitative estimate of drug-likeness (QED) is 0.491. The minimum atomic E-state index is -0.448. The fourth-order valence-electron chi connectivity index (χ4n) is 6.01. The largest absolute Gasteiger partial charge is 0.459 e. The van der Waals surface area contributed by atoms with E-state index in [-0.39, 0.29) is 11.5 Å². The Morgan fingerprint density at radius 1 is 1.21 bits per heavy atom. The van der Waals surface area contributed by atoms with E-state index in [2.05, 4.69) is 36.8 Å². The maximum atomic E-state index is 12.9. The maximum Gasteiger partial charge on any atom is 0.327 e. The van der Waals surface area contributed by atoms with Crippen LogP contribution >= 0.6 is 0 Å². The molecule has 0 spiro atoms. The lowest BCUT2D eigenvalue weighted by Crippen LogP contribution is -2.84. The number of aryl methyl sites for hydroxylation is 1. The van der Waals surface area contributed by atoms with E-state index in [0.717, 1.165) is 53.9 Å². The number of aromatic amines is 1. The first-order chi connectivity index (χ1) is 16.2. The van der Waals surface area contributed by atoms with Gasteiger partial charge in [-0.2, -0.15) is 5.10 Å². The lowest BCUT2D eigenvalue weighted by atomic mass is 9.59. The molecule has 4 atom stereocenters. The molecule has 34 heavy (non-hydrogen) atoms. The molecular weight excluding hydrogens is 430 g/mol. The Hall–Kier alpha value is -3.20. The van der Waals surface area contributed by atoms with E-state index < -0.39 is 5.60 Å². The Morgan fingerprint density at radius 2 is 1.97 bits per heavy atom. The molecule has 0 saturated carbocycles. The van der Waals surface area contributed by atoms with E-state index >= 15 is 0 Å². The number of nitrogens with zero attached hydrogens (tertiary/aromatic N) is 4. The average molecular weight is 462 g/mol. The zero-order chi connectivity index (χ0) is 23.7. The van der Waals surface area contributed by atoms with Crippen LogP contribution in [0.2, 0.25) is 0 Å². The maximum absolute atomic E-state index is 12.9. The van der Waals surface area contributed by atoms with Gasteiger partial charge in [-0.1, -0.05) is 0 Å². The number of ether oxygens (including phenoxy) is 1. The van der Waals surface area contributed by atoms with Crippen LogP contribution in [0.1, 0.15) is 52.1 Å². The molecule has 0 bridgehead atoms. The number of carbonyl (C=O) groups is 1. The summed E-state index contributed by atoms with van der Waals surface area (Å²) in [5.41, 5.74) is 1.03. The molecule has 0 aliphatic carbocycles. The molecule has 3 N–H and O–H groups in total. The van der Waals surface area contributed by atoms with Gasteiger partial charge in [-0.05, 0) is 65.5 Å². The van der Waals surface area contributed by atoms with Crippen molar-refractivity contribution in [3.8, 4) is 0 Å². The number of anilines is 3. The minimum absolute atomic E-state index is 0.0509. The smallest absolute Gasteiger partial charge is 0.327 e. The molecule has 6 rings (SSSR count). The highest BCUT2D eigenvalue weighted by Crippen LogP contribution is 2.57. The number of carbonyl (C=O) groups excluding carboxylic acids is 1. The number of piperidine rings is 2. The highest BCUT2D eigenvalue weighted by atomic mass is 16.6. The Kier molecular flexibility index (Phi) is 4.64. The summed E-state index contributed by atoms with van der Waals surface area (Å²) in [5, 5.41) is 15.2. The van der Waals surface area contributed by atoms with Gasteiger partial charge >= 0.3 is 5.97 Å². The molecule has 3 aliphatic heterocycles. The normalized spacial score (nSPS) is 27.9. The summed E-state index contributed by atoms with van der Waals surface area (Å²) in [4.78, 5) is 24.7. The third-order valence-corrected chi connectivity index (χ3v) is 7.22. The van der Waals surface area contributed by atoms with Crippen LogP contribution in [0.15, 0.2) is 30.5 Å². The van der Waals surface area contributed by atoms with Gasteiger partial charge in [0.05, 0.1) is 5.52 Å². The first kappa shape index (κ1) is 21.3. The Morgan fingerprint density at radius 3 is 2.65 bits per heavy atom. The van der Waals surface area contributed by atoms with E-state index in [9.17, 15) is 4.79 Å². The van der Waals surface area contributed by atoms with Crippen molar-refractivity contribution in [1.29, 1.82) is 0 Å². The highest BCUT2D eigenvalue weighted by molar-refractivity contribution is 5.91. The second kappa shape index (κ2) is 7.40. The number of hydrogen-bond acceptors (Lipinski definition) is 8. The lowest BCUT2D eigenvalue weighted by Gasteiger charge is -2.71. The number of esters is 1. The number of aromatic nitrogens is 4. The second-order valence-corrected chi connectivity index (χ2v) is 11.0. The predicted molar refractivity (Wildman–Crippen MR) is 130 cm³/mol. The molecule has 9 nitrogen and oxygen atoms in total. The molecule has 3 aromatic rings. The van der Waals surface area contributed by atoms with Crippen LogP contribution in [0, 0.1) is 6.92 Å². The summed E-state index contributed by atoms with van der Waals surface area (Å²) in [5.74, 6) is 2.21. The van der Waals surface area contributed by atoms with Crippen LogP contribution < -0.4 is 10.6 Å². The number of fused-ring (bicyclic) bond motifs is 1. The summed E-state index contributed by atoms with van der Waals surface area (Å²) in [7, 11) is 0. The topological polar surface area (TPSA) is 108 Å². The zero-order valence-corrected chi connectivity index (χ0v) is 20.1. The predicted octanol–water partition coefficient (Wildman–Crippen LogP) is 3.91. The number of H-pyrrole nitrogens is 1. The summed E-state index contributed by atoms with van der Waals surface area (Å²) in [6, 6.07) is 8.99. The Balaban J connectivity index is 1.19. The number of rotatable bonds is 5. The molecule has 6 heterocycles. The van der Waals surface area contributed by atoms with Gasteiger partial charge in [-0.15, -0.1) is 0 Å². The first-order valence-corrected chi connectivity index (χ1v) is 12.0.